The second-order valence-electron chi connectivity index (χ2n) is 3.45. The van der Waals surface area contributed by atoms with Crippen molar-refractivity contribution in [1.29, 1.82) is 0 Å². The fraction of sp³-hybridized carbons (Fsp3) is 1.00. The van der Waals surface area contributed by atoms with Crippen molar-refractivity contribution in [3.05, 3.63) is 0 Å². The predicted octanol–water partition coefficient (Wildman–Crippen LogP) is 2.46. The summed E-state index contributed by atoms with van der Waals surface area (Å²) in [5.41, 5.74) is 0. The van der Waals surface area contributed by atoms with Crippen LogP contribution in [0.2, 0.25) is 6.04 Å². The van der Waals surface area contributed by atoms with Gasteiger partial charge in [-0.1, -0.05) is 6.92 Å². The van der Waals surface area contributed by atoms with Gasteiger partial charge in [0.2, 0.25) is 0 Å². The second kappa shape index (κ2) is 9.12. The molecule has 16 heavy (non-hydrogen) atoms. The van der Waals surface area contributed by atoms with E-state index in [2.05, 4.69) is 6.92 Å². The first-order valence-electron chi connectivity index (χ1n) is 6.12. The van der Waals surface area contributed by atoms with Crippen LogP contribution in [0.15, 0.2) is 0 Å². The van der Waals surface area contributed by atoms with Crippen LogP contribution in [-0.4, -0.2) is 41.8 Å². The lowest BCUT2D eigenvalue weighted by molar-refractivity contribution is 0.0432. The molecule has 4 nitrogen and oxygen atoms in total. The summed E-state index contributed by atoms with van der Waals surface area (Å²) in [7, 11) is -0.806. The van der Waals surface area contributed by atoms with E-state index in [0.29, 0.717) is 19.8 Å². The van der Waals surface area contributed by atoms with Crippen molar-refractivity contribution in [1.82, 2.24) is 0 Å². The molecule has 0 aliphatic rings. The van der Waals surface area contributed by atoms with Gasteiger partial charge in [0.15, 0.2) is 0 Å². The normalized spacial score (nSPS) is 14.1. The Bertz CT molecular complexity index is 145. The molecular weight excluding hydrogens is 224 g/mol. The molecule has 1 unspecified atom stereocenters. The summed E-state index contributed by atoms with van der Waals surface area (Å²) in [5, 5.41) is 0. The summed E-state index contributed by atoms with van der Waals surface area (Å²) in [4.78, 5) is 0. The molecular formula is C11H26O4Si. The van der Waals surface area contributed by atoms with E-state index in [9.17, 15) is 0 Å². The molecule has 0 heterocycles. The Morgan fingerprint density at radius 2 is 1.31 bits per heavy atom. The Morgan fingerprint density at radius 1 is 0.875 bits per heavy atom. The highest BCUT2D eigenvalue weighted by molar-refractivity contribution is 6.60. The van der Waals surface area contributed by atoms with Crippen molar-refractivity contribution in [2.45, 2.75) is 46.3 Å². The molecule has 0 amide bonds. The van der Waals surface area contributed by atoms with Gasteiger partial charge >= 0.3 is 8.80 Å². The lowest BCUT2D eigenvalue weighted by atomic mass is 10.3. The van der Waals surface area contributed by atoms with Crippen LogP contribution in [0, 0.1) is 0 Å². The summed E-state index contributed by atoms with van der Waals surface area (Å²) in [6.45, 7) is 9.84. The third kappa shape index (κ3) is 5.40. The lowest BCUT2D eigenvalue weighted by Gasteiger charge is -2.30. The van der Waals surface area contributed by atoms with Gasteiger partial charge in [0.25, 0.3) is 0 Å². The number of ether oxygens (including phenoxy) is 1. The molecule has 0 N–H and O–H groups in total. The molecule has 0 fully saturated rings. The first-order valence-corrected chi connectivity index (χ1v) is 8.05. The molecule has 0 aromatic carbocycles. The highest BCUT2D eigenvalue weighted by atomic mass is 28.4. The fourth-order valence-electron chi connectivity index (χ4n) is 1.63. The van der Waals surface area contributed by atoms with Crippen LogP contribution >= 0.6 is 0 Å². The Hall–Kier alpha value is 0.0569. The van der Waals surface area contributed by atoms with Crippen LogP contribution < -0.4 is 0 Å². The van der Waals surface area contributed by atoms with E-state index in [4.69, 9.17) is 18.0 Å². The van der Waals surface area contributed by atoms with Gasteiger partial charge in [-0.05, 0) is 27.2 Å². The lowest BCUT2D eigenvalue weighted by Crippen LogP contribution is -2.48. The van der Waals surface area contributed by atoms with E-state index in [0.717, 1.165) is 12.5 Å². The molecule has 0 saturated carbocycles. The van der Waals surface area contributed by atoms with E-state index in [1.54, 1.807) is 7.11 Å². The minimum absolute atomic E-state index is 0.149. The molecule has 0 aromatic rings. The van der Waals surface area contributed by atoms with Crippen LogP contribution in [-0.2, 0) is 18.0 Å². The zero-order valence-electron chi connectivity index (χ0n) is 11.2. The van der Waals surface area contributed by atoms with E-state index in [1.165, 1.54) is 0 Å². The van der Waals surface area contributed by atoms with Crippen LogP contribution in [0.3, 0.4) is 0 Å². The van der Waals surface area contributed by atoms with Crippen molar-refractivity contribution in [2.75, 3.05) is 26.9 Å². The topological polar surface area (TPSA) is 36.9 Å². The number of rotatable bonds is 10. The third-order valence-electron chi connectivity index (χ3n) is 2.36. The molecule has 0 aliphatic carbocycles. The summed E-state index contributed by atoms with van der Waals surface area (Å²) >= 11 is 0. The van der Waals surface area contributed by atoms with Crippen molar-refractivity contribution in [2.24, 2.45) is 0 Å². The maximum Gasteiger partial charge on any atom is 0.503 e. The Morgan fingerprint density at radius 3 is 1.56 bits per heavy atom. The first kappa shape index (κ1) is 16.1. The molecule has 1 atom stereocenters. The van der Waals surface area contributed by atoms with Gasteiger partial charge in [-0.15, -0.1) is 0 Å². The Balaban J connectivity index is 4.56. The molecule has 0 aliphatic heterocycles. The van der Waals surface area contributed by atoms with Gasteiger partial charge < -0.3 is 18.0 Å². The van der Waals surface area contributed by atoms with Gasteiger partial charge in [0.05, 0.1) is 6.10 Å². The summed E-state index contributed by atoms with van der Waals surface area (Å²) in [5.74, 6) is 0. The maximum absolute atomic E-state index is 5.76. The first-order chi connectivity index (χ1) is 7.67. The van der Waals surface area contributed by atoms with Gasteiger partial charge in [-0.3, -0.25) is 0 Å². The van der Waals surface area contributed by atoms with Gasteiger partial charge in [0, 0.05) is 33.0 Å². The number of hydrogen-bond acceptors (Lipinski definition) is 4. The standard InChI is InChI=1S/C11H26O4Si/c1-6-11(12-5)10-16(13-7-2,14-8-3)15-9-4/h11H,6-10H2,1-5H3. The smallest absolute Gasteiger partial charge is 0.381 e. The van der Waals surface area contributed by atoms with Crippen LogP contribution in [0.4, 0.5) is 0 Å². The largest absolute Gasteiger partial charge is 0.503 e. The highest BCUT2D eigenvalue weighted by Crippen LogP contribution is 2.21. The van der Waals surface area contributed by atoms with Crippen molar-refractivity contribution in [3.63, 3.8) is 0 Å². The number of hydrogen-bond donors (Lipinski definition) is 0. The Labute approximate surface area is 101 Å². The average Bonchev–Trinajstić information content (AvgIpc) is 2.27. The summed E-state index contributed by atoms with van der Waals surface area (Å²) < 4.78 is 22.7. The molecule has 0 aromatic heterocycles. The average molecular weight is 250 g/mol. The fourth-order valence-corrected chi connectivity index (χ4v) is 4.57. The van der Waals surface area contributed by atoms with E-state index in [-0.39, 0.29) is 6.10 Å². The molecule has 0 bridgehead atoms. The SMILES string of the molecule is CCO[Si](CC(CC)OC)(OCC)OCC. The molecule has 0 rings (SSSR count). The zero-order chi connectivity index (χ0) is 12.4. The molecule has 0 saturated heterocycles. The minimum Gasteiger partial charge on any atom is -0.381 e. The molecule has 0 radical (unpaired) electrons. The Kier molecular flexibility index (Phi) is 9.16. The minimum atomic E-state index is -2.53. The predicted molar refractivity (Wildman–Crippen MR) is 66.5 cm³/mol. The summed E-state index contributed by atoms with van der Waals surface area (Å²) in [6, 6.07) is 0.732. The third-order valence-corrected chi connectivity index (χ3v) is 5.50. The van der Waals surface area contributed by atoms with Gasteiger partial charge in [-0.2, -0.15) is 0 Å². The van der Waals surface area contributed by atoms with E-state index in [1.807, 2.05) is 20.8 Å². The van der Waals surface area contributed by atoms with Gasteiger partial charge in [-0.25, -0.2) is 0 Å². The van der Waals surface area contributed by atoms with Crippen molar-refractivity contribution >= 4 is 8.80 Å². The van der Waals surface area contributed by atoms with Crippen molar-refractivity contribution < 1.29 is 18.0 Å². The van der Waals surface area contributed by atoms with E-state index < -0.39 is 8.80 Å². The highest BCUT2D eigenvalue weighted by Gasteiger charge is 2.42. The van der Waals surface area contributed by atoms with Gasteiger partial charge in [0.1, 0.15) is 0 Å². The van der Waals surface area contributed by atoms with Crippen LogP contribution in [0.5, 0.6) is 0 Å². The molecule has 5 heteroatoms. The van der Waals surface area contributed by atoms with Crippen molar-refractivity contribution in [3.8, 4) is 0 Å². The maximum atomic E-state index is 5.76. The van der Waals surface area contributed by atoms with E-state index >= 15 is 0 Å². The molecule has 98 valence electrons. The quantitative estimate of drug-likeness (QED) is 0.558. The second-order valence-corrected chi connectivity index (χ2v) is 6.09. The van der Waals surface area contributed by atoms with Crippen LogP contribution in [0.1, 0.15) is 34.1 Å². The number of methoxy groups -OCH3 is 1. The monoisotopic (exact) mass is 250 g/mol. The summed E-state index contributed by atoms with van der Waals surface area (Å²) in [6.07, 6.45) is 1.09. The van der Waals surface area contributed by atoms with Crippen LogP contribution in [0.25, 0.3) is 0 Å². The molecule has 0 spiro atoms. The zero-order valence-corrected chi connectivity index (χ0v) is 12.2.